The molecule has 0 fully saturated rings. The van der Waals surface area contributed by atoms with Crippen LogP contribution in [0.25, 0.3) is 16.5 Å². The van der Waals surface area contributed by atoms with E-state index < -0.39 is 28.9 Å². The maximum absolute atomic E-state index is 13.6. The fraction of sp³-hybridized carbons (Fsp3) is 0.0833. The third-order valence-electron chi connectivity index (χ3n) is 4.97. The number of benzene rings is 3. The van der Waals surface area contributed by atoms with E-state index in [2.05, 4.69) is 4.99 Å². The lowest BCUT2D eigenvalue weighted by molar-refractivity contribution is -0.137. The Morgan fingerprint density at radius 3 is 2.22 bits per heavy atom. The van der Waals surface area contributed by atoms with Crippen molar-refractivity contribution in [3.05, 3.63) is 94.3 Å². The number of fused-ring (bicyclic) bond motifs is 1. The molecule has 0 radical (unpaired) electrons. The molecule has 4 aromatic rings. The van der Waals surface area contributed by atoms with E-state index in [0.29, 0.717) is 21.4 Å². The van der Waals surface area contributed by atoms with Crippen LogP contribution in [0.15, 0.2) is 82.6 Å². The number of aliphatic imine (C=N–C) groups is 1. The molecule has 0 bridgehead atoms. The van der Waals surface area contributed by atoms with Gasteiger partial charge in [0.1, 0.15) is 5.75 Å². The number of alkyl halides is 3. The van der Waals surface area contributed by atoms with Gasteiger partial charge in [-0.1, -0.05) is 30.3 Å². The van der Waals surface area contributed by atoms with E-state index >= 15 is 0 Å². The fourth-order valence-corrected chi connectivity index (χ4v) is 3.43. The van der Waals surface area contributed by atoms with Crippen molar-refractivity contribution in [2.45, 2.75) is 6.18 Å². The van der Waals surface area contributed by atoms with E-state index in [1.54, 1.807) is 42.5 Å². The minimum atomic E-state index is -4.72. The number of aromatic nitrogens is 1. The molecule has 0 atom stereocenters. The summed E-state index contributed by atoms with van der Waals surface area (Å²) >= 11 is 0. The van der Waals surface area contributed by atoms with Crippen molar-refractivity contribution >= 4 is 22.7 Å². The van der Waals surface area contributed by atoms with E-state index in [4.69, 9.17) is 4.74 Å². The van der Waals surface area contributed by atoms with Gasteiger partial charge in [-0.25, -0.2) is 4.57 Å². The maximum Gasteiger partial charge on any atom is 0.418 e. The summed E-state index contributed by atoms with van der Waals surface area (Å²) in [6, 6.07) is 17.7. The zero-order valence-corrected chi connectivity index (χ0v) is 16.8. The van der Waals surface area contributed by atoms with Crippen molar-refractivity contribution in [1.29, 1.82) is 0 Å². The average molecular weight is 438 g/mol. The van der Waals surface area contributed by atoms with Gasteiger partial charge >= 0.3 is 6.18 Å². The number of methoxy groups -OCH3 is 1. The van der Waals surface area contributed by atoms with Gasteiger partial charge < -0.3 is 9.84 Å². The normalized spacial score (nSPS) is 11.9. The Hall–Kier alpha value is -4.07. The third kappa shape index (κ3) is 3.82. The molecule has 0 saturated heterocycles. The van der Waals surface area contributed by atoms with Crippen molar-refractivity contribution in [1.82, 2.24) is 4.57 Å². The predicted molar refractivity (Wildman–Crippen MR) is 116 cm³/mol. The number of ether oxygens (including phenoxy) is 1. The van der Waals surface area contributed by atoms with Crippen molar-refractivity contribution in [3.8, 4) is 17.3 Å². The number of hydrogen-bond donors (Lipinski definition) is 1. The van der Waals surface area contributed by atoms with Gasteiger partial charge in [0.05, 0.1) is 29.6 Å². The Morgan fingerprint density at radius 1 is 0.938 bits per heavy atom. The van der Waals surface area contributed by atoms with Crippen molar-refractivity contribution < 1.29 is 23.0 Å². The van der Waals surface area contributed by atoms with Crippen molar-refractivity contribution in [2.75, 3.05) is 7.11 Å². The summed E-state index contributed by atoms with van der Waals surface area (Å²) in [5, 5.41) is 11.5. The first-order valence-electron chi connectivity index (χ1n) is 9.52. The van der Waals surface area contributed by atoms with E-state index in [1.165, 1.54) is 31.5 Å². The lowest BCUT2D eigenvalue weighted by Crippen LogP contribution is -2.23. The van der Waals surface area contributed by atoms with Crippen LogP contribution in [0.3, 0.4) is 0 Å². The Morgan fingerprint density at radius 2 is 1.56 bits per heavy atom. The van der Waals surface area contributed by atoms with E-state index in [-0.39, 0.29) is 10.9 Å². The lowest BCUT2D eigenvalue weighted by Gasteiger charge is -2.18. The standard InChI is InChI=1S/C24H17F3N2O3/c1-32-16-12-10-15(11-13-16)28-14-19-17-6-2-3-7-18(17)22(30)29(23(19)31)21-9-5-4-8-20(21)24(25,26)27/h2-14,31H,1H3. The van der Waals surface area contributed by atoms with Crippen molar-refractivity contribution in [2.24, 2.45) is 4.99 Å². The summed E-state index contributed by atoms with van der Waals surface area (Å²) in [5.41, 5.74) is -1.62. The number of rotatable bonds is 4. The largest absolute Gasteiger partial charge is 0.497 e. The molecule has 162 valence electrons. The molecule has 0 amide bonds. The number of para-hydroxylation sites is 1. The van der Waals surface area contributed by atoms with Crippen molar-refractivity contribution in [3.63, 3.8) is 0 Å². The topological polar surface area (TPSA) is 63.8 Å². The molecule has 8 heteroatoms. The molecule has 1 N–H and O–H groups in total. The second-order valence-corrected chi connectivity index (χ2v) is 6.89. The molecule has 32 heavy (non-hydrogen) atoms. The zero-order chi connectivity index (χ0) is 22.9. The number of halogens is 3. The minimum Gasteiger partial charge on any atom is -0.497 e. The highest BCUT2D eigenvalue weighted by Crippen LogP contribution is 2.36. The Bertz CT molecular complexity index is 1370. The van der Waals surface area contributed by atoms with E-state index in [0.717, 1.165) is 12.1 Å². The first-order chi connectivity index (χ1) is 15.3. The summed E-state index contributed by atoms with van der Waals surface area (Å²) in [4.78, 5) is 17.4. The van der Waals surface area contributed by atoms with Gasteiger partial charge in [0.25, 0.3) is 5.56 Å². The van der Waals surface area contributed by atoms with Crippen LogP contribution in [-0.2, 0) is 6.18 Å². The smallest absolute Gasteiger partial charge is 0.418 e. The molecule has 4 rings (SSSR count). The second-order valence-electron chi connectivity index (χ2n) is 6.89. The zero-order valence-electron chi connectivity index (χ0n) is 16.8. The number of hydrogen-bond acceptors (Lipinski definition) is 4. The molecule has 3 aromatic carbocycles. The van der Waals surface area contributed by atoms with Gasteiger partial charge in [-0.3, -0.25) is 9.79 Å². The highest BCUT2D eigenvalue weighted by atomic mass is 19.4. The maximum atomic E-state index is 13.6. The van der Waals surface area contributed by atoms with Gasteiger partial charge in [-0.05, 0) is 42.5 Å². The SMILES string of the molecule is COc1ccc(N=Cc2c(O)n(-c3ccccc3C(F)(F)F)c(=O)c3ccccc23)cc1. The molecule has 0 aliphatic heterocycles. The third-order valence-corrected chi connectivity index (χ3v) is 4.97. The molecule has 0 spiro atoms. The Balaban J connectivity index is 1.97. The molecule has 0 aliphatic carbocycles. The van der Waals surface area contributed by atoms with Crippen LogP contribution in [-0.4, -0.2) is 23.0 Å². The van der Waals surface area contributed by atoms with Crippen LogP contribution in [0.2, 0.25) is 0 Å². The first kappa shape index (κ1) is 21.2. The highest BCUT2D eigenvalue weighted by molar-refractivity contribution is 6.02. The van der Waals surface area contributed by atoms with Crippen LogP contribution in [0.5, 0.6) is 11.6 Å². The highest BCUT2D eigenvalue weighted by Gasteiger charge is 2.34. The van der Waals surface area contributed by atoms with Crippen LogP contribution in [0.4, 0.5) is 18.9 Å². The fourth-order valence-electron chi connectivity index (χ4n) is 3.43. The summed E-state index contributed by atoms with van der Waals surface area (Å²) in [6.45, 7) is 0. The molecular formula is C24H17F3N2O3. The lowest BCUT2D eigenvalue weighted by atomic mass is 10.1. The van der Waals surface area contributed by atoms with Crippen LogP contribution < -0.4 is 10.3 Å². The second kappa shape index (κ2) is 8.22. The molecule has 5 nitrogen and oxygen atoms in total. The molecule has 1 heterocycles. The number of aromatic hydroxyl groups is 1. The molecular weight excluding hydrogens is 421 g/mol. The number of nitrogens with zero attached hydrogens (tertiary/aromatic N) is 2. The Kier molecular flexibility index (Phi) is 5.44. The quantitative estimate of drug-likeness (QED) is 0.430. The molecule has 0 saturated carbocycles. The summed E-state index contributed by atoms with van der Waals surface area (Å²) in [7, 11) is 1.53. The van der Waals surface area contributed by atoms with Gasteiger partial charge in [-0.2, -0.15) is 13.2 Å². The monoisotopic (exact) mass is 438 g/mol. The van der Waals surface area contributed by atoms with Crippen LogP contribution >= 0.6 is 0 Å². The summed E-state index contributed by atoms with van der Waals surface area (Å²) in [5.74, 6) is -0.00258. The minimum absolute atomic E-state index is 0.119. The molecule has 0 unspecified atom stereocenters. The summed E-state index contributed by atoms with van der Waals surface area (Å²) < 4.78 is 46.6. The molecule has 1 aromatic heterocycles. The van der Waals surface area contributed by atoms with Gasteiger partial charge in [0.2, 0.25) is 5.88 Å². The van der Waals surface area contributed by atoms with Gasteiger partial charge in [0.15, 0.2) is 0 Å². The summed E-state index contributed by atoms with van der Waals surface area (Å²) in [6.07, 6.45) is -3.39. The predicted octanol–water partition coefficient (Wildman–Crippen LogP) is 5.47. The van der Waals surface area contributed by atoms with Crippen LogP contribution in [0, 0.1) is 0 Å². The average Bonchev–Trinajstić information content (AvgIpc) is 2.79. The molecule has 0 aliphatic rings. The number of pyridine rings is 1. The Labute approximate surface area is 180 Å². The van der Waals surface area contributed by atoms with E-state index in [1.807, 2.05) is 0 Å². The van der Waals surface area contributed by atoms with Crippen LogP contribution in [0.1, 0.15) is 11.1 Å². The first-order valence-corrected chi connectivity index (χ1v) is 9.52. The van der Waals surface area contributed by atoms with E-state index in [9.17, 15) is 23.1 Å². The van der Waals surface area contributed by atoms with Gasteiger partial charge in [0, 0.05) is 17.0 Å². The van der Waals surface area contributed by atoms with Gasteiger partial charge in [-0.15, -0.1) is 0 Å².